The summed E-state index contributed by atoms with van der Waals surface area (Å²) in [6.45, 7) is 1.56. The van der Waals surface area contributed by atoms with Gasteiger partial charge in [0.1, 0.15) is 22.0 Å². The van der Waals surface area contributed by atoms with Gasteiger partial charge < -0.3 is 15.2 Å². The summed E-state index contributed by atoms with van der Waals surface area (Å²) >= 11 is 12.3. The van der Waals surface area contributed by atoms with E-state index in [1.807, 2.05) is 0 Å². The number of amides is 1. The molecule has 0 aliphatic heterocycles. The van der Waals surface area contributed by atoms with Crippen LogP contribution in [0.4, 0.5) is 17.1 Å². The van der Waals surface area contributed by atoms with E-state index >= 15 is 0 Å². The minimum Gasteiger partial charge on any atom is -0.505 e. The molecule has 12 heteroatoms. The number of nitrogens with one attached hydrogen (secondary N) is 1. The quantitative estimate of drug-likeness (QED) is 0.170. The van der Waals surface area contributed by atoms with Crippen LogP contribution in [0.15, 0.2) is 75.8 Å². The van der Waals surface area contributed by atoms with Gasteiger partial charge in [-0.15, -0.1) is 10.2 Å². The Balaban J connectivity index is 1.82. The number of carbonyl (C=O) groups excluding carboxylic acids is 1. The molecule has 4 aromatic rings. The molecule has 0 spiro atoms. The Kier molecular flexibility index (Phi) is 7.37. The number of rotatable bonds is 6. The molecule has 0 saturated heterocycles. The molecule has 0 fully saturated rings. The van der Waals surface area contributed by atoms with E-state index in [0.717, 1.165) is 0 Å². The zero-order chi connectivity index (χ0) is 26.9. The maximum absolute atomic E-state index is 13.1. The smallest absolute Gasteiger partial charge is 0.298 e. The molecule has 9 nitrogen and oxygen atoms in total. The molecular formula is C25H19Cl2N3O6S. The van der Waals surface area contributed by atoms with Crippen LogP contribution in [-0.4, -0.2) is 31.1 Å². The highest BCUT2D eigenvalue weighted by Gasteiger charge is 2.23. The summed E-state index contributed by atoms with van der Waals surface area (Å²) in [4.78, 5) is 12.5. The highest BCUT2D eigenvalue weighted by atomic mass is 35.5. The third-order valence-corrected chi connectivity index (χ3v) is 7.29. The second-order valence-electron chi connectivity index (χ2n) is 7.86. The van der Waals surface area contributed by atoms with Crippen molar-refractivity contribution in [1.29, 1.82) is 0 Å². The molecule has 1 amide bonds. The van der Waals surface area contributed by atoms with E-state index in [1.165, 1.54) is 31.4 Å². The summed E-state index contributed by atoms with van der Waals surface area (Å²) in [7, 11) is -3.26. The number of hydrogen-bond acceptors (Lipinski definition) is 7. The van der Waals surface area contributed by atoms with Gasteiger partial charge >= 0.3 is 0 Å². The molecule has 0 heterocycles. The molecule has 3 N–H and O–H groups in total. The number of methoxy groups -OCH3 is 1. The Bertz CT molecular complexity index is 1690. The van der Waals surface area contributed by atoms with Crippen molar-refractivity contribution < 1.29 is 27.6 Å². The van der Waals surface area contributed by atoms with Crippen molar-refractivity contribution in [1.82, 2.24) is 0 Å². The van der Waals surface area contributed by atoms with Crippen molar-refractivity contribution >= 4 is 67.1 Å². The van der Waals surface area contributed by atoms with Crippen LogP contribution in [0.1, 0.15) is 15.9 Å². The van der Waals surface area contributed by atoms with Crippen molar-refractivity contribution in [3.63, 3.8) is 0 Å². The Labute approximate surface area is 222 Å². The fourth-order valence-electron chi connectivity index (χ4n) is 3.58. The summed E-state index contributed by atoms with van der Waals surface area (Å²) in [5.41, 5.74) is 0.215. The third-order valence-electron chi connectivity index (χ3n) is 5.45. The van der Waals surface area contributed by atoms with Gasteiger partial charge in [-0.05, 0) is 42.1 Å². The predicted octanol–water partition coefficient (Wildman–Crippen LogP) is 7.08. The number of nitrogens with zero attached hydrogens (tertiary/aromatic N) is 2. The van der Waals surface area contributed by atoms with E-state index in [-0.39, 0.29) is 32.7 Å². The van der Waals surface area contributed by atoms with E-state index in [4.69, 9.17) is 27.9 Å². The number of fused-ring (bicyclic) bond motifs is 1. The van der Waals surface area contributed by atoms with Gasteiger partial charge in [0.25, 0.3) is 16.0 Å². The summed E-state index contributed by atoms with van der Waals surface area (Å²) in [5.74, 6) is -0.681. The average molecular weight is 560 g/mol. The number of carbonyl (C=O) groups is 1. The molecule has 0 atom stereocenters. The van der Waals surface area contributed by atoms with E-state index in [0.29, 0.717) is 22.1 Å². The Morgan fingerprint density at radius 2 is 1.76 bits per heavy atom. The lowest BCUT2D eigenvalue weighted by molar-refractivity contribution is 0.102. The van der Waals surface area contributed by atoms with Crippen LogP contribution in [0.25, 0.3) is 10.8 Å². The van der Waals surface area contributed by atoms with E-state index in [9.17, 15) is 22.9 Å². The first kappa shape index (κ1) is 26.4. The monoisotopic (exact) mass is 559 g/mol. The first-order valence-corrected chi connectivity index (χ1v) is 12.8. The van der Waals surface area contributed by atoms with Crippen LogP contribution in [0.3, 0.4) is 0 Å². The number of phenols is 1. The molecule has 37 heavy (non-hydrogen) atoms. The van der Waals surface area contributed by atoms with Crippen molar-refractivity contribution in [3.8, 4) is 11.5 Å². The van der Waals surface area contributed by atoms with Gasteiger partial charge in [-0.2, -0.15) is 8.42 Å². The largest absolute Gasteiger partial charge is 0.505 e. The molecule has 4 rings (SSSR count). The van der Waals surface area contributed by atoms with Gasteiger partial charge in [-0.1, -0.05) is 53.5 Å². The highest BCUT2D eigenvalue weighted by Crippen LogP contribution is 2.41. The zero-order valence-corrected chi connectivity index (χ0v) is 21.7. The van der Waals surface area contributed by atoms with Crippen LogP contribution in [0.5, 0.6) is 11.5 Å². The van der Waals surface area contributed by atoms with Crippen molar-refractivity contribution in [2.75, 3.05) is 12.4 Å². The molecule has 0 bridgehead atoms. The number of anilines is 1. The second kappa shape index (κ2) is 10.3. The Morgan fingerprint density at radius 3 is 2.43 bits per heavy atom. The lowest BCUT2D eigenvalue weighted by Gasteiger charge is -2.12. The number of hydrogen-bond donors (Lipinski definition) is 3. The molecule has 0 unspecified atom stereocenters. The van der Waals surface area contributed by atoms with Gasteiger partial charge in [0.2, 0.25) is 0 Å². The molecular weight excluding hydrogens is 541 g/mol. The van der Waals surface area contributed by atoms with Crippen LogP contribution < -0.4 is 10.1 Å². The van der Waals surface area contributed by atoms with Gasteiger partial charge in [0, 0.05) is 11.5 Å². The normalized spacial score (nSPS) is 11.7. The number of ether oxygens (including phenoxy) is 1. The fourth-order valence-corrected chi connectivity index (χ4v) is 5.01. The number of phenolic OH excluding ortho intramolecular Hbond substituents is 1. The first-order valence-electron chi connectivity index (χ1n) is 10.6. The minimum atomic E-state index is -4.74. The second-order valence-corrected chi connectivity index (χ2v) is 10.0. The highest BCUT2D eigenvalue weighted by molar-refractivity contribution is 7.86. The summed E-state index contributed by atoms with van der Waals surface area (Å²) < 4.78 is 38.7. The first-order chi connectivity index (χ1) is 17.5. The lowest BCUT2D eigenvalue weighted by Crippen LogP contribution is -2.12. The summed E-state index contributed by atoms with van der Waals surface area (Å²) in [6, 6.07) is 15.8. The maximum atomic E-state index is 13.1. The Morgan fingerprint density at radius 1 is 1.03 bits per heavy atom. The number of aryl methyl sites for hydroxylation is 1. The molecule has 0 aliphatic carbocycles. The number of aromatic hydroxyl groups is 1. The van der Waals surface area contributed by atoms with Crippen LogP contribution in [0, 0.1) is 6.92 Å². The summed E-state index contributed by atoms with van der Waals surface area (Å²) in [6.07, 6.45) is 0. The van der Waals surface area contributed by atoms with Crippen LogP contribution >= 0.6 is 23.2 Å². The standard InChI is InChI=1S/C25H19Cl2N3O6S/c1-13-7-9-20(24(21(13)27)37(33,34)35)29-30-22-16-6-4-3-5-14(16)11-17(23(22)31)25(32)28-19-10-8-15(36-2)12-18(19)26/h3-12,31H,1-2H3,(H,28,32)(H,33,34,35). The predicted molar refractivity (Wildman–Crippen MR) is 142 cm³/mol. The van der Waals surface area contributed by atoms with E-state index in [2.05, 4.69) is 15.5 Å². The molecule has 0 aromatic heterocycles. The van der Waals surface area contributed by atoms with Crippen LogP contribution in [0.2, 0.25) is 10.0 Å². The van der Waals surface area contributed by atoms with Crippen LogP contribution in [-0.2, 0) is 10.1 Å². The maximum Gasteiger partial charge on any atom is 0.298 e. The number of benzene rings is 4. The zero-order valence-electron chi connectivity index (χ0n) is 19.4. The molecule has 0 aliphatic rings. The summed E-state index contributed by atoms with van der Waals surface area (Å²) in [5, 5.41) is 22.7. The van der Waals surface area contributed by atoms with Crippen molar-refractivity contribution in [3.05, 3.63) is 81.8 Å². The van der Waals surface area contributed by atoms with Gasteiger partial charge in [-0.25, -0.2) is 0 Å². The minimum absolute atomic E-state index is 0.0953. The number of azo groups is 1. The molecule has 0 saturated carbocycles. The van der Waals surface area contributed by atoms with E-state index < -0.39 is 26.7 Å². The van der Waals surface area contributed by atoms with Crippen molar-refractivity contribution in [2.24, 2.45) is 10.2 Å². The van der Waals surface area contributed by atoms with Gasteiger partial charge in [-0.3, -0.25) is 9.35 Å². The van der Waals surface area contributed by atoms with E-state index in [1.54, 1.807) is 43.3 Å². The SMILES string of the molecule is COc1ccc(NC(=O)c2cc3ccccc3c(N=Nc3ccc(C)c(Cl)c3S(=O)(=O)O)c2O)c(Cl)c1. The fraction of sp³-hybridized carbons (Fsp3) is 0.0800. The Hall–Kier alpha value is -3.70. The topological polar surface area (TPSA) is 138 Å². The number of halogens is 2. The third kappa shape index (κ3) is 5.37. The van der Waals surface area contributed by atoms with Crippen molar-refractivity contribution in [2.45, 2.75) is 11.8 Å². The lowest BCUT2D eigenvalue weighted by atomic mass is 10.0. The van der Waals surface area contributed by atoms with Gasteiger partial charge in [0.15, 0.2) is 5.75 Å². The molecule has 4 aromatic carbocycles. The molecule has 190 valence electrons. The van der Waals surface area contributed by atoms with Gasteiger partial charge in [0.05, 0.1) is 28.4 Å². The average Bonchev–Trinajstić information content (AvgIpc) is 2.85. The molecule has 0 radical (unpaired) electrons.